The molecule has 0 spiro atoms. The molecule has 1 aromatic rings. The molecular weight excluding hydrogens is 212 g/mol. The molecule has 1 unspecified atom stereocenters. The smallest absolute Gasteiger partial charge is 0.119 e. The molecule has 17 heavy (non-hydrogen) atoms. The molecule has 1 aliphatic carbocycles. The highest BCUT2D eigenvalue weighted by molar-refractivity contribution is 5.20. The molecular formula is C15H22O2. The van der Waals surface area contributed by atoms with Crippen LogP contribution in [0, 0.1) is 5.92 Å². The fourth-order valence-electron chi connectivity index (χ4n) is 2.52. The molecule has 0 bridgehead atoms. The summed E-state index contributed by atoms with van der Waals surface area (Å²) in [7, 11) is 0. The first kappa shape index (κ1) is 12.4. The highest BCUT2D eigenvalue weighted by atomic mass is 16.5. The third kappa shape index (κ3) is 4.39. The first-order valence-electron chi connectivity index (χ1n) is 6.70. The summed E-state index contributed by atoms with van der Waals surface area (Å²) in [5.74, 6) is 1.69. The predicted octanol–water partition coefficient (Wildman–Crippen LogP) is 3.40. The quantitative estimate of drug-likeness (QED) is 0.817. The van der Waals surface area contributed by atoms with Crippen LogP contribution >= 0.6 is 0 Å². The maximum absolute atomic E-state index is 9.85. The van der Waals surface area contributed by atoms with Crippen LogP contribution in [-0.4, -0.2) is 17.8 Å². The highest BCUT2D eigenvalue weighted by Crippen LogP contribution is 2.28. The summed E-state index contributed by atoms with van der Waals surface area (Å²) in [5.41, 5.74) is 0. The molecule has 94 valence electrons. The number of hydrogen-bond donors (Lipinski definition) is 1. The lowest BCUT2D eigenvalue weighted by Gasteiger charge is -2.14. The van der Waals surface area contributed by atoms with Crippen molar-refractivity contribution < 1.29 is 9.84 Å². The van der Waals surface area contributed by atoms with E-state index in [1.807, 2.05) is 30.3 Å². The zero-order chi connectivity index (χ0) is 11.9. The van der Waals surface area contributed by atoms with Gasteiger partial charge in [0.15, 0.2) is 0 Å². The Bertz CT molecular complexity index is 304. The second kappa shape index (κ2) is 6.65. The Morgan fingerprint density at radius 1 is 1.18 bits per heavy atom. The van der Waals surface area contributed by atoms with E-state index in [9.17, 15) is 5.11 Å². The van der Waals surface area contributed by atoms with Crippen molar-refractivity contribution in [2.24, 2.45) is 5.92 Å². The van der Waals surface area contributed by atoms with E-state index in [-0.39, 0.29) is 6.10 Å². The molecule has 1 fully saturated rings. The van der Waals surface area contributed by atoms with Gasteiger partial charge in [0.05, 0.1) is 6.10 Å². The van der Waals surface area contributed by atoms with Crippen molar-refractivity contribution in [3.05, 3.63) is 30.3 Å². The van der Waals surface area contributed by atoms with E-state index < -0.39 is 0 Å². The monoisotopic (exact) mass is 234 g/mol. The van der Waals surface area contributed by atoms with Gasteiger partial charge in [-0.3, -0.25) is 0 Å². The Morgan fingerprint density at radius 3 is 2.59 bits per heavy atom. The summed E-state index contributed by atoms with van der Waals surface area (Å²) < 4.78 is 5.53. The van der Waals surface area contributed by atoms with Gasteiger partial charge >= 0.3 is 0 Å². The molecule has 0 heterocycles. The number of hydrogen-bond acceptors (Lipinski definition) is 2. The average molecular weight is 234 g/mol. The molecule has 1 saturated carbocycles. The molecule has 1 aliphatic rings. The zero-order valence-corrected chi connectivity index (χ0v) is 10.3. The van der Waals surface area contributed by atoms with Crippen molar-refractivity contribution in [1.82, 2.24) is 0 Å². The Hall–Kier alpha value is -1.02. The molecule has 0 saturated heterocycles. The van der Waals surface area contributed by atoms with E-state index in [1.54, 1.807) is 0 Å². The number of aliphatic hydroxyl groups is 1. The summed E-state index contributed by atoms with van der Waals surface area (Å²) in [6.07, 6.45) is 7.16. The summed E-state index contributed by atoms with van der Waals surface area (Å²) in [5, 5.41) is 9.85. The van der Waals surface area contributed by atoms with Crippen LogP contribution < -0.4 is 4.74 Å². The molecule has 2 heteroatoms. The van der Waals surface area contributed by atoms with E-state index in [2.05, 4.69) is 0 Å². The normalized spacial score (nSPS) is 18.2. The SMILES string of the molecule is OC(CCC1CCCC1)COc1ccccc1. The van der Waals surface area contributed by atoms with Crippen LogP contribution in [0.25, 0.3) is 0 Å². The van der Waals surface area contributed by atoms with Crippen molar-refractivity contribution in [3.63, 3.8) is 0 Å². The minimum atomic E-state index is -0.323. The standard InChI is InChI=1S/C15H22O2/c16-14(11-10-13-6-4-5-7-13)12-17-15-8-2-1-3-9-15/h1-3,8-9,13-14,16H,4-7,10-12H2. The molecule has 0 amide bonds. The van der Waals surface area contributed by atoms with Crippen LogP contribution in [0.2, 0.25) is 0 Å². The Balaban J connectivity index is 1.62. The van der Waals surface area contributed by atoms with Crippen LogP contribution in [0.15, 0.2) is 30.3 Å². The highest BCUT2D eigenvalue weighted by Gasteiger charge is 2.16. The molecule has 0 aliphatic heterocycles. The third-order valence-electron chi connectivity index (χ3n) is 3.57. The van der Waals surface area contributed by atoms with E-state index in [4.69, 9.17) is 4.74 Å². The van der Waals surface area contributed by atoms with Gasteiger partial charge in [0, 0.05) is 0 Å². The molecule has 0 radical (unpaired) electrons. The minimum absolute atomic E-state index is 0.323. The van der Waals surface area contributed by atoms with Crippen LogP contribution in [0.5, 0.6) is 5.75 Å². The second-order valence-electron chi connectivity index (χ2n) is 5.01. The van der Waals surface area contributed by atoms with Crippen LogP contribution in [0.1, 0.15) is 38.5 Å². The number of para-hydroxylation sites is 1. The van der Waals surface area contributed by atoms with E-state index in [0.29, 0.717) is 6.61 Å². The fourth-order valence-corrected chi connectivity index (χ4v) is 2.52. The van der Waals surface area contributed by atoms with Crippen molar-refractivity contribution in [2.45, 2.75) is 44.6 Å². The van der Waals surface area contributed by atoms with Gasteiger partial charge in [0.1, 0.15) is 12.4 Å². The summed E-state index contributed by atoms with van der Waals surface area (Å²) in [6, 6.07) is 9.69. The van der Waals surface area contributed by atoms with Crippen molar-refractivity contribution in [2.75, 3.05) is 6.61 Å². The van der Waals surface area contributed by atoms with E-state index in [1.165, 1.54) is 25.7 Å². The largest absolute Gasteiger partial charge is 0.491 e. The summed E-state index contributed by atoms with van der Waals surface area (Å²) in [4.78, 5) is 0. The Kier molecular flexibility index (Phi) is 4.87. The molecule has 2 rings (SSSR count). The van der Waals surface area contributed by atoms with Gasteiger partial charge in [0.25, 0.3) is 0 Å². The second-order valence-corrected chi connectivity index (χ2v) is 5.01. The predicted molar refractivity (Wildman–Crippen MR) is 69.1 cm³/mol. The van der Waals surface area contributed by atoms with Gasteiger partial charge in [-0.1, -0.05) is 43.9 Å². The molecule has 1 aromatic carbocycles. The number of aliphatic hydroxyl groups excluding tert-OH is 1. The van der Waals surface area contributed by atoms with Crippen molar-refractivity contribution in [1.29, 1.82) is 0 Å². The lowest BCUT2D eigenvalue weighted by atomic mass is 10.00. The first-order valence-corrected chi connectivity index (χ1v) is 6.70. The van der Waals surface area contributed by atoms with Gasteiger partial charge in [0.2, 0.25) is 0 Å². The van der Waals surface area contributed by atoms with Crippen LogP contribution in [0.4, 0.5) is 0 Å². The van der Waals surface area contributed by atoms with E-state index >= 15 is 0 Å². The number of benzene rings is 1. The summed E-state index contributed by atoms with van der Waals surface area (Å²) >= 11 is 0. The number of rotatable bonds is 6. The molecule has 1 N–H and O–H groups in total. The van der Waals surface area contributed by atoms with Crippen LogP contribution in [0.3, 0.4) is 0 Å². The third-order valence-corrected chi connectivity index (χ3v) is 3.57. The molecule has 2 nitrogen and oxygen atoms in total. The van der Waals surface area contributed by atoms with Gasteiger partial charge in [-0.2, -0.15) is 0 Å². The lowest BCUT2D eigenvalue weighted by Crippen LogP contribution is -2.18. The Morgan fingerprint density at radius 2 is 1.88 bits per heavy atom. The van der Waals surface area contributed by atoms with Crippen molar-refractivity contribution >= 4 is 0 Å². The maximum atomic E-state index is 9.85. The Labute approximate surface area is 104 Å². The first-order chi connectivity index (χ1) is 8.34. The van der Waals surface area contributed by atoms with E-state index in [0.717, 1.165) is 24.5 Å². The van der Waals surface area contributed by atoms with Gasteiger partial charge in [-0.15, -0.1) is 0 Å². The average Bonchev–Trinajstić information content (AvgIpc) is 2.88. The van der Waals surface area contributed by atoms with Crippen molar-refractivity contribution in [3.8, 4) is 5.75 Å². The zero-order valence-electron chi connectivity index (χ0n) is 10.3. The topological polar surface area (TPSA) is 29.5 Å². The van der Waals surface area contributed by atoms with Gasteiger partial charge in [-0.05, 0) is 30.9 Å². The van der Waals surface area contributed by atoms with Gasteiger partial charge in [-0.25, -0.2) is 0 Å². The van der Waals surface area contributed by atoms with Gasteiger partial charge < -0.3 is 9.84 Å². The lowest BCUT2D eigenvalue weighted by molar-refractivity contribution is 0.0939. The maximum Gasteiger partial charge on any atom is 0.119 e. The molecule has 0 aromatic heterocycles. The minimum Gasteiger partial charge on any atom is -0.491 e. The summed E-state index contributed by atoms with van der Waals surface area (Å²) in [6.45, 7) is 0.413. The van der Waals surface area contributed by atoms with Crippen LogP contribution in [-0.2, 0) is 0 Å². The number of ether oxygens (including phenoxy) is 1. The molecule has 1 atom stereocenters. The fraction of sp³-hybridized carbons (Fsp3) is 0.600.